The summed E-state index contributed by atoms with van der Waals surface area (Å²) < 4.78 is 5.35. The van der Waals surface area contributed by atoms with Crippen LogP contribution in [0, 0.1) is 0 Å². The second-order valence-corrected chi connectivity index (χ2v) is 5.29. The Hall–Kier alpha value is -3.15. The van der Waals surface area contributed by atoms with Crippen LogP contribution in [0.4, 0.5) is 4.79 Å². The lowest BCUT2D eigenvalue weighted by atomic mass is 10.1. The average Bonchev–Trinajstić information content (AvgIpc) is 2.61. The smallest absolute Gasteiger partial charge is 0.321 e. The van der Waals surface area contributed by atoms with Gasteiger partial charge in [-0.05, 0) is 12.5 Å². The van der Waals surface area contributed by atoms with E-state index in [2.05, 4.69) is 10.6 Å². The van der Waals surface area contributed by atoms with Gasteiger partial charge in [-0.2, -0.15) is 0 Å². The first-order valence-electron chi connectivity index (χ1n) is 7.97. The monoisotopic (exact) mass is 340 g/mol. The summed E-state index contributed by atoms with van der Waals surface area (Å²) in [7, 11) is 0. The number of amides is 3. The van der Waals surface area contributed by atoms with Gasteiger partial charge < -0.3 is 10.1 Å². The number of benzene rings is 2. The van der Waals surface area contributed by atoms with Crippen molar-refractivity contribution in [2.24, 2.45) is 0 Å². The van der Waals surface area contributed by atoms with Crippen molar-refractivity contribution in [3.63, 3.8) is 0 Å². The Balaban J connectivity index is 2.10. The fourth-order valence-electron chi connectivity index (χ4n) is 2.22. The molecule has 0 saturated carbocycles. The van der Waals surface area contributed by atoms with E-state index in [1.807, 2.05) is 18.2 Å². The molecule has 0 bridgehead atoms. The maximum atomic E-state index is 12.4. The van der Waals surface area contributed by atoms with Gasteiger partial charge in [-0.15, -0.1) is 0 Å². The van der Waals surface area contributed by atoms with E-state index in [1.165, 1.54) is 0 Å². The second-order valence-electron chi connectivity index (χ2n) is 5.29. The summed E-state index contributed by atoms with van der Waals surface area (Å²) in [5, 5.41) is 4.65. The summed E-state index contributed by atoms with van der Waals surface area (Å²) >= 11 is 0. The molecular weight excluding hydrogens is 320 g/mol. The van der Waals surface area contributed by atoms with Gasteiger partial charge in [-0.25, -0.2) is 4.79 Å². The summed E-state index contributed by atoms with van der Waals surface area (Å²) in [5.74, 6) is -1.25. The van der Waals surface area contributed by atoms with Gasteiger partial charge in [0.1, 0.15) is 0 Å². The highest BCUT2D eigenvalue weighted by Gasteiger charge is 2.26. The third-order valence-corrected chi connectivity index (χ3v) is 3.36. The van der Waals surface area contributed by atoms with Crippen LogP contribution in [0.1, 0.15) is 24.2 Å². The zero-order valence-corrected chi connectivity index (χ0v) is 13.9. The topological polar surface area (TPSA) is 84.5 Å². The first-order chi connectivity index (χ1) is 12.1. The van der Waals surface area contributed by atoms with Gasteiger partial charge >= 0.3 is 12.0 Å². The molecule has 1 atom stereocenters. The van der Waals surface area contributed by atoms with Gasteiger partial charge in [0, 0.05) is 12.1 Å². The van der Waals surface area contributed by atoms with Crippen molar-refractivity contribution in [1.82, 2.24) is 10.6 Å². The van der Waals surface area contributed by atoms with Crippen LogP contribution in [0.3, 0.4) is 0 Å². The van der Waals surface area contributed by atoms with E-state index in [0.29, 0.717) is 12.1 Å². The molecule has 3 amide bonds. The lowest BCUT2D eigenvalue weighted by molar-refractivity contribution is -0.155. The quantitative estimate of drug-likeness (QED) is 0.791. The fraction of sp³-hybridized carbons (Fsp3) is 0.211. The van der Waals surface area contributed by atoms with Crippen molar-refractivity contribution in [1.29, 1.82) is 0 Å². The van der Waals surface area contributed by atoms with Crippen LogP contribution in [0.2, 0.25) is 0 Å². The second kappa shape index (κ2) is 9.22. The Labute approximate surface area is 146 Å². The molecule has 2 aromatic carbocycles. The van der Waals surface area contributed by atoms with Gasteiger partial charge in [0.05, 0.1) is 6.42 Å². The molecule has 0 fully saturated rings. The van der Waals surface area contributed by atoms with Crippen LogP contribution in [0.15, 0.2) is 60.7 Å². The Morgan fingerprint density at radius 3 is 2.16 bits per heavy atom. The van der Waals surface area contributed by atoms with Crippen LogP contribution in [-0.4, -0.2) is 24.5 Å². The molecule has 2 N–H and O–H groups in total. The van der Waals surface area contributed by atoms with Gasteiger partial charge in [0.15, 0.2) is 0 Å². The summed E-state index contributed by atoms with van der Waals surface area (Å²) in [6.07, 6.45) is -1.15. The van der Waals surface area contributed by atoms with E-state index in [1.54, 1.807) is 49.4 Å². The highest BCUT2D eigenvalue weighted by molar-refractivity contribution is 5.97. The lowest BCUT2D eigenvalue weighted by Crippen LogP contribution is -2.42. The summed E-state index contributed by atoms with van der Waals surface area (Å²) in [6.45, 7) is 2.11. The minimum atomic E-state index is -1.19. The first kappa shape index (κ1) is 18.2. The molecule has 0 saturated heterocycles. The van der Waals surface area contributed by atoms with E-state index in [0.717, 1.165) is 5.56 Å². The number of hydrogen-bond acceptors (Lipinski definition) is 4. The number of nitrogens with one attached hydrogen (secondary N) is 2. The molecule has 0 aliphatic rings. The van der Waals surface area contributed by atoms with Crippen LogP contribution in [0.25, 0.3) is 0 Å². The first-order valence-corrected chi connectivity index (χ1v) is 7.97. The number of carbonyl (C=O) groups is 3. The largest absolute Gasteiger partial charge is 0.447 e. The van der Waals surface area contributed by atoms with E-state index in [9.17, 15) is 14.4 Å². The third kappa shape index (κ3) is 5.76. The van der Waals surface area contributed by atoms with Crippen LogP contribution in [-0.2, 0) is 20.7 Å². The molecule has 0 aromatic heterocycles. The molecule has 2 aromatic rings. The number of rotatable bonds is 6. The Morgan fingerprint density at radius 1 is 0.960 bits per heavy atom. The standard InChI is InChI=1S/C19H20N2O4/c1-2-20-19(24)21-18(23)17(15-11-7-4-8-12-15)25-16(22)13-14-9-5-3-6-10-14/h3-12,17H,2,13H2,1H3,(H2,20,21,23,24)/t17-/m0/s1. The molecule has 6 heteroatoms. The number of urea groups is 1. The van der Waals surface area contributed by atoms with Crippen LogP contribution < -0.4 is 10.6 Å². The zero-order valence-electron chi connectivity index (χ0n) is 13.9. The average molecular weight is 340 g/mol. The Bertz CT molecular complexity index is 717. The highest BCUT2D eigenvalue weighted by Crippen LogP contribution is 2.18. The van der Waals surface area contributed by atoms with Crippen molar-refractivity contribution >= 4 is 17.9 Å². The highest BCUT2D eigenvalue weighted by atomic mass is 16.5. The SMILES string of the molecule is CCNC(=O)NC(=O)[C@@H](OC(=O)Cc1ccccc1)c1ccccc1. The number of carbonyl (C=O) groups excluding carboxylic acids is 3. The van der Waals surface area contributed by atoms with Crippen molar-refractivity contribution < 1.29 is 19.1 Å². The molecule has 0 aliphatic carbocycles. The molecule has 0 unspecified atom stereocenters. The molecule has 0 aliphatic heterocycles. The number of ether oxygens (including phenoxy) is 1. The molecule has 2 rings (SSSR count). The molecule has 0 heterocycles. The Kier molecular flexibility index (Phi) is 6.71. The molecule has 6 nitrogen and oxygen atoms in total. The zero-order chi connectivity index (χ0) is 18.1. The Morgan fingerprint density at radius 2 is 1.56 bits per heavy atom. The maximum absolute atomic E-state index is 12.4. The maximum Gasteiger partial charge on any atom is 0.321 e. The molecule has 0 radical (unpaired) electrons. The normalized spacial score (nSPS) is 11.2. The predicted octanol–water partition coefficient (Wildman–Crippen LogP) is 2.36. The van der Waals surface area contributed by atoms with Gasteiger partial charge in [0.2, 0.25) is 6.10 Å². The van der Waals surface area contributed by atoms with E-state index in [-0.39, 0.29) is 6.42 Å². The molecule has 0 spiro atoms. The molecule has 25 heavy (non-hydrogen) atoms. The number of hydrogen-bond donors (Lipinski definition) is 2. The van der Waals surface area contributed by atoms with Gasteiger partial charge in [-0.3, -0.25) is 14.9 Å². The van der Waals surface area contributed by atoms with Gasteiger partial charge in [-0.1, -0.05) is 60.7 Å². The van der Waals surface area contributed by atoms with Crippen molar-refractivity contribution in [2.75, 3.05) is 6.54 Å². The van der Waals surface area contributed by atoms with Crippen LogP contribution >= 0.6 is 0 Å². The van der Waals surface area contributed by atoms with Crippen molar-refractivity contribution in [3.8, 4) is 0 Å². The van der Waals surface area contributed by atoms with Crippen molar-refractivity contribution in [2.45, 2.75) is 19.4 Å². The third-order valence-electron chi connectivity index (χ3n) is 3.36. The lowest BCUT2D eigenvalue weighted by Gasteiger charge is -2.17. The molecule has 130 valence electrons. The fourth-order valence-corrected chi connectivity index (χ4v) is 2.22. The van der Waals surface area contributed by atoms with E-state index >= 15 is 0 Å². The predicted molar refractivity (Wildman–Crippen MR) is 92.6 cm³/mol. The van der Waals surface area contributed by atoms with E-state index in [4.69, 9.17) is 4.74 Å². The number of esters is 1. The minimum Gasteiger partial charge on any atom is -0.447 e. The van der Waals surface area contributed by atoms with E-state index < -0.39 is 24.0 Å². The minimum absolute atomic E-state index is 0.0403. The molecular formula is C19H20N2O4. The number of imide groups is 1. The summed E-state index contributed by atoms with van der Waals surface area (Å²) in [6, 6.07) is 17.0. The summed E-state index contributed by atoms with van der Waals surface area (Å²) in [4.78, 5) is 36.2. The van der Waals surface area contributed by atoms with Gasteiger partial charge in [0.25, 0.3) is 5.91 Å². The summed E-state index contributed by atoms with van der Waals surface area (Å²) in [5.41, 5.74) is 1.27. The van der Waals surface area contributed by atoms with Crippen LogP contribution in [0.5, 0.6) is 0 Å². The van der Waals surface area contributed by atoms with Crippen molar-refractivity contribution in [3.05, 3.63) is 71.8 Å².